The molecule has 3 aromatic carbocycles. The second kappa shape index (κ2) is 11.7. The van der Waals surface area contributed by atoms with Gasteiger partial charge in [0.1, 0.15) is 0 Å². The van der Waals surface area contributed by atoms with E-state index in [4.69, 9.17) is 0 Å². The van der Waals surface area contributed by atoms with Crippen molar-refractivity contribution in [1.29, 1.82) is 0 Å². The second-order valence-electron chi connectivity index (χ2n) is 13.5. The standard InChI is InChI=1S/C20H21.C13H21NSi2.2ClH.Zr/c1-14-12-16-6-5-7-18(19(16)13-14)15-8-10-17(11-9-15)20(2,3)4;1-9-12-10-7-8-14(15(2,3)4)11(10)13(9)16(12,5)6;;;/h5-13H,1-4H3;7-8,12H,1-6H3;2*1H;/q-1;;;;+3/p-2. The molecule has 1 nitrogen and oxygen atoms in total. The van der Waals surface area contributed by atoms with Crippen molar-refractivity contribution in [1.82, 2.24) is 4.23 Å². The Labute approximate surface area is 269 Å². The summed E-state index contributed by atoms with van der Waals surface area (Å²) in [6, 6.07) is 22.5. The molecule has 4 aromatic rings. The molecule has 1 atom stereocenters. The van der Waals surface area contributed by atoms with Gasteiger partial charge >= 0.3 is 26.2 Å². The number of rotatable bonds is 2. The molecule has 0 saturated carbocycles. The molecule has 0 spiro atoms. The number of hydrogen-bond acceptors (Lipinski definition) is 0. The summed E-state index contributed by atoms with van der Waals surface area (Å²) in [7, 11) is -2.33. The SMILES string of the molecule is CC1=C2c3c(ccn3[Si](C)(C)C)C1[Si]2(C)C.Cc1cc2c(-c3ccc(C(C)(C)C)cc3)cccc2[cH-]1.[Cl-].[Cl-].[Zr+3]. The fourth-order valence-electron chi connectivity index (χ4n) is 6.66. The van der Waals surface area contributed by atoms with Crippen LogP contribution in [-0.4, -0.2) is 20.5 Å². The van der Waals surface area contributed by atoms with Crippen LogP contribution in [0, 0.1) is 6.92 Å². The normalized spacial score (nSPS) is 16.7. The molecule has 1 aliphatic carbocycles. The quantitative estimate of drug-likeness (QED) is 0.227. The molecule has 6 heteroatoms. The summed E-state index contributed by atoms with van der Waals surface area (Å²) in [5.74, 6) is 0. The summed E-state index contributed by atoms with van der Waals surface area (Å²) in [6.07, 6.45) is 2.35. The average Bonchev–Trinajstić information content (AvgIpc) is 3.48. The topological polar surface area (TPSA) is 4.93 Å². The van der Waals surface area contributed by atoms with Crippen molar-refractivity contribution in [3.8, 4) is 11.1 Å². The van der Waals surface area contributed by atoms with Crippen LogP contribution in [-0.2, 0) is 31.6 Å². The van der Waals surface area contributed by atoms with Gasteiger partial charge in [0.15, 0.2) is 8.24 Å². The van der Waals surface area contributed by atoms with Crippen LogP contribution in [0.25, 0.3) is 27.1 Å². The number of halogens is 2. The number of aryl methyl sites for hydroxylation is 1. The van der Waals surface area contributed by atoms with Crippen molar-refractivity contribution in [2.45, 2.75) is 78.3 Å². The maximum atomic E-state index is 2.63. The molecule has 1 radical (unpaired) electrons. The van der Waals surface area contributed by atoms with E-state index in [-0.39, 0.29) is 56.4 Å². The van der Waals surface area contributed by atoms with E-state index in [1.54, 1.807) is 22.0 Å². The minimum absolute atomic E-state index is 0. The van der Waals surface area contributed by atoms with Crippen LogP contribution in [0.5, 0.6) is 0 Å². The molecule has 2 bridgehead atoms. The monoisotopic (exact) mass is 668 g/mol. The molecule has 0 saturated heterocycles. The van der Waals surface area contributed by atoms with Crippen LogP contribution >= 0.6 is 0 Å². The largest absolute Gasteiger partial charge is 3.00 e. The molecule has 39 heavy (non-hydrogen) atoms. The van der Waals surface area contributed by atoms with E-state index in [1.807, 2.05) is 0 Å². The summed E-state index contributed by atoms with van der Waals surface area (Å²) in [5.41, 5.74) is 11.4. The molecule has 205 valence electrons. The van der Waals surface area contributed by atoms with Gasteiger partial charge in [-0.2, -0.15) is 6.07 Å². The van der Waals surface area contributed by atoms with Crippen LogP contribution < -0.4 is 24.8 Å². The van der Waals surface area contributed by atoms with Gasteiger partial charge in [-0.3, -0.25) is 0 Å². The van der Waals surface area contributed by atoms with Crippen LogP contribution in [0.4, 0.5) is 0 Å². The number of aromatic nitrogens is 1. The third kappa shape index (κ3) is 5.84. The Morgan fingerprint density at radius 1 is 0.897 bits per heavy atom. The zero-order valence-corrected chi connectivity index (χ0v) is 31.1. The maximum absolute atomic E-state index is 2.63. The summed E-state index contributed by atoms with van der Waals surface area (Å²) in [6.45, 7) is 23.7. The van der Waals surface area contributed by atoms with Gasteiger partial charge in [0, 0.05) is 11.2 Å². The summed E-state index contributed by atoms with van der Waals surface area (Å²) >= 11 is 0. The van der Waals surface area contributed by atoms with Crippen LogP contribution in [0.15, 0.2) is 72.4 Å². The molecule has 0 fully saturated rings. The minimum Gasteiger partial charge on any atom is -1.00 e. The molecular weight excluding hydrogens is 629 g/mol. The van der Waals surface area contributed by atoms with Gasteiger partial charge in [-0.25, -0.2) is 0 Å². The van der Waals surface area contributed by atoms with Gasteiger partial charge < -0.3 is 29.0 Å². The van der Waals surface area contributed by atoms with Crippen LogP contribution in [0.3, 0.4) is 0 Å². The Balaban J connectivity index is 0.000000259. The molecule has 3 heterocycles. The summed E-state index contributed by atoms with van der Waals surface area (Å²) in [4.78, 5) is 0. The second-order valence-corrected chi connectivity index (χ2v) is 22.9. The Bertz CT molecular complexity index is 1500. The van der Waals surface area contributed by atoms with E-state index in [1.165, 1.54) is 33.0 Å². The fraction of sp³-hybridized carbons (Fsp3) is 0.364. The molecule has 3 aliphatic rings. The molecule has 0 amide bonds. The van der Waals surface area contributed by atoms with Crippen LogP contribution in [0.1, 0.15) is 55.6 Å². The summed E-state index contributed by atoms with van der Waals surface area (Å²) < 4.78 is 2.63. The van der Waals surface area contributed by atoms with E-state index in [0.717, 1.165) is 5.54 Å². The number of allylic oxidation sites excluding steroid dienone is 1. The van der Waals surface area contributed by atoms with Crippen molar-refractivity contribution in [3.63, 3.8) is 0 Å². The number of benzene rings is 2. The van der Waals surface area contributed by atoms with Crippen molar-refractivity contribution in [3.05, 3.63) is 94.8 Å². The number of hydrogen-bond donors (Lipinski definition) is 0. The minimum atomic E-state index is -1.24. The molecule has 0 N–H and O–H groups in total. The van der Waals surface area contributed by atoms with E-state index >= 15 is 0 Å². The Hall–Kier alpha value is -1.03. The van der Waals surface area contributed by atoms with Gasteiger partial charge in [-0.15, -0.1) is 34.5 Å². The van der Waals surface area contributed by atoms with E-state index in [2.05, 4.69) is 138 Å². The fourth-order valence-corrected chi connectivity index (χ4v) is 12.5. The third-order valence-corrected chi connectivity index (χ3v) is 14.3. The Morgan fingerprint density at radius 3 is 2.05 bits per heavy atom. The predicted octanol–water partition coefficient (Wildman–Crippen LogP) is 3.68. The first-order valence-electron chi connectivity index (χ1n) is 13.4. The van der Waals surface area contributed by atoms with E-state index in [0.29, 0.717) is 0 Å². The Morgan fingerprint density at radius 2 is 1.51 bits per heavy atom. The Kier molecular flexibility index (Phi) is 10.2. The van der Waals surface area contributed by atoms with Crippen molar-refractivity contribution < 1.29 is 51.0 Å². The van der Waals surface area contributed by atoms with Crippen molar-refractivity contribution in [2.75, 3.05) is 0 Å². The van der Waals surface area contributed by atoms with Crippen LogP contribution in [0.2, 0.25) is 32.7 Å². The first kappa shape index (κ1) is 34.2. The van der Waals surface area contributed by atoms with Gasteiger partial charge in [-0.05, 0) is 46.5 Å². The zero-order chi connectivity index (χ0) is 26.2. The third-order valence-electron chi connectivity index (χ3n) is 8.34. The van der Waals surface area contributed by atoms with E-state index in [9.17, 15) is 0 Å². The molecular formula is C33H42Cl2NSi2Zr. The summed E-state index contributed by atoms with van der Waals surface area (Å²) in [5, 5.41) is 4.47. The molecule has 2 aliphatic heterocycles. The van der Waals surface area contributed by atoms with E-state index < -0.39 is 16.3 Å². The molecule has 7 rings (SSSR count). The van der Waals surface area contributed by atoms with Gasteiger partial charge in [0.2, 0.25) is 0 Å². The van der Waals surface area contributed by atoms with Gasteiger partial charge in [0.05, 0.1) is 8.07 Å². The van der Waals surface area contributed by atoms with Crippen molar-refractivity contribution in [2.24, 2.45) is 0 Å². The zero-order valence-electron chi connectivity index (χ0n) is 25.1. The number of nitrogens with zero attached hydrogens (tertiary/aromatic N) is 1. The van der Waals surface area contributed by atoms with Gasteiger partial charge in [0.25, 0.3) is 0 Å². The first-order chi connectivity index (χ1) is 16.7. The van der Waals surface area contributed by atoms with Crippen molar-refractivity contribution >= 4 is 32.3 Å². The molecule has 1 unspecified atom stereocenters. The average molecular weight is 671 g/mol. The van der Waals surface area contributed by atoms with Gasteiger partial charge in [-0.1, -0.05) is 102 Å². The maximum Gasteiger partial charge on any atom is 3.00 e. The first-order valence-corrected chi connectivity index (χ1v) is 19.9. The number of fused-ring (bicyclic) bond motifs is 1. The predicted molar refractivity (Wildman–Crippen MR) is 164 cm³/mol. The smallest absolute Gasteiger partial charge is 1.00 e. The molecule has 1 aromatic heterocycles.